The number of hydrogen-bond donors (Lipinski definition) is 1. The molecule has 2 aromatic rings. The SMILES string of the molecule is CCCn1ccc2ccc(CC(C)N)cc21. The van der Waals surface area contributed by atoms with Gasteiger partial charge in [-0.1, -0.05) is 19.1 Å². The van der Waals surface area contributed by atoms with Crippen molar-refractivity contribution in [3.63, 3.8) is 0 Å². The molecule has 2 rings (SSSR count). The molecular formula is C14H20N2. The molecule has 0 amide bonds. The van der Waals surface area contributed by atoms with Crippen LogP contribution >= 0.6 is 0 Å². The summed E-state index contributed by atoms with van der Waals surface area (Å²) in [5.74, 6) is 0. The third-order valence-corrected chi connectivity index (χ3v) is 2.86. The molecule has 0 saturated heterocycles. The number of nitrogens with two attached hydrogens (primary N) is 1. The summed E-state index contributed by atoms with van der Waals surface area (Å²) in [5.41, 5.74) is 8.50. The summed E-state index contributed by atoms with van der Waals surface area (Å²) in [6, 6.07) is 9.06. The van der Waals surface area contributed by atoms with Crippen LogP contribution in [-0.4, -0.2) is 10.6 Å². The number of benzene rings is 1. The van der Waals surface area contributed by atoms with E-state index in [-0.39, 0.29) is 6.04 Å². The Hall–Kier alpha value is -1.28. The van der Waals surface area contributed by atoms with Gasteiger partial charge in [0.1, 0.15) is 0 Å². The maximum atomic E-state index is 5.83. The maximum Gasteiger partial charge on any atom is 0.0483 e. The summed E-state index contributed by atoms with van der Waals surface area (Å²) in [6.45, 7) is 5.35. The van der Waals surface area contributed by atoms with Gasteiger partial charge in [0.05, 0.1) is 0 Å². The molecule has 2 nitrogen and oxygen atoms in total. The standard InChI is InChI=1S/C14H20N2/c1-3-7-16-8-6-13-5-4-12(9-11(2)15)10-14(13)16/h4-6,8,10-11H,3,7,9,15H2,1-2H3. The van der Waals surface area contributed by atoms with Crippen LogP contribution in [0, 0.1) is 0 Å². The van der Waals surface area contributed by atoms with Crippen molar-refractivity contribution in [3.05, 3.63) is 36.0 Å². The monoisotopic (exact) mass is 216 g/mol. The van der Waals surface area contributed by atoms with Crippen LogP contribution in [-0.2, 0) is 13.0 Å². The predicted molar refractivity (Wildman–Crippen MR) is 69.6 cm³/mol. The van der Waals surface area contributed by atoms with E-state index >= 15 is 0 Å². The lowest BCUT2D eigenvalue weighted by Gasteiger charge is -2.07. The molecule has 0 radical (unpaired) electrons. The molecule has 86 valence electrons. The van der Waals surface area contributed by atoms with Gasteiger partial charge in [0, 0.05) is 24.3 Å². The molecule has 0 aliphatic rings. The predicted octanol–water partition coefficient (Wildman–Crippen LogP) is 2.94. The Bertz CT molecular complexity index is 469. The molecule has 2 heteroatoms. The maximum absolute atomic E-state index is 5.83. The highest BCUT2D eigenvalue weighted by molar-refractivity contribution is 5.80. The summed E-state index contributed by atoms with van der Waals surface area (Å²) in [6.07, 6.45) is 4.29. The van der Waals surface area contributed by atoms with Crippen LogP contribution in [0.1, 0.15) is 25.8 Å². The van der Waals surface area contributed by atoms with E-state index < -0.39 is 0 Å². The molecule has 16 heavy (non-hydrogen) atoms. The summed E-state index contributed by atoms with van der Waals surface area (Å²) in [7, 11) is 0. The Kier molecular flexibility index (Phi) is 3.30. The van der Waals surface area contributed by atoms with Gasteiger partial charge in [0.25, 0.3) is 0 Å². The first-order valence-electron chi connectivity index (χ1n) is 6.04. The highest BCUT2D eigenvalue weighted by Gasteiger charge is 2.03. The van der Waals surface area contributed by atoms with E-state index in [1.807, 2.05) is 0 Å². The van der Waals surface area contributed by atoms with Crippen molar-refractivity contribution >= 4 is 10.9 Å². The van der Waals surface area contributed by atoms with Crippen LogP contribution in [0.2, 0.25) is 0 Å². The largest absolute Gasteiger partial charge is 0.347 e. The molecule has 0 spiro atoms. The van der Waals surface area contributed by atoms with Crippen LogP contribution in [0.15, 0.2) is 30.5 Å². The van der Waals surface area contributed by atoms with Crippen molar-refractivity contribution in [2.75, 3.05) is 0 Å². The second kappa shape index (κ2) is 4.71. The highest BCUT2D eigenvalue weighted by atomic mass is 14.9. The third-order valence-electron chi connectivity index (χ3n) is 2.86. The van der Waals surface area contributed by atoms with Crippen LogP contribution in [0.5, 0.6) is 0 Å². The van der Waals surface area contributed by atoms with Gasteiger partial charge >= 0.3 is 0 Å². The molecular weight excluding hydrogens is 196 g/mol. The Balaban J connectivity index is 2.37. The van der Waals surface area contributed by atoms with Gasteiger partial charge in [-0.05, 0) is 42.8 Å². The van der Waals surface area contributed by atoms with E-state index in [9.17, 15) is 0 Å². The third kappa shape index (κ3) is 2.27. The van der Waals surface area contributed by atoms with Gasteiger partial charge in [0.2, 0.25) is 0 Å². The minimum Gasteiger partial charge on any atom is -0.347 e. The van der Waals surface area contributed by atoms with Crippen molar-refractivity contribution in [3.8, 4) is 0 Å². The molecule has 0 saturated carbocycles. The molecule has 0 aliphatic heterocycles. The smallest absolute Gasteiger partial charge is 0.0483 e. The van der Waals surface area contributed by atoms with Crippen molar-refractivity contribution in [2.45, 2.75) is 39.3 Å². The minimum atomic E-state index is 0.229. The van der Waals surface area contributed by atoms with E-state index in [0.29, 0.717) is 0 Å². The summed E-state index contributed by atoms with van der Waals surface area (Å²) in [5, 5.41) is 1.32. The summed E-state index contributed by atoms with van der Waals surface area (Å²) in [4.78, 5) is 0. The Labute approximate surface area is 97.1 Å². The van der Waals surface area contributed by atoms with Crippen molar-refractivity contribution in [1.29, 1.82) is 0 Å². The van der Waals surface area contributed by atoms with Crippen LogP contribution in [0.4, 0.5) is 0 Å². The van der Waals surface area contributed by atoms with Gasteiger partial charge in [0.15, 0.2) is 0 Å². The zero-order valence-corrected chi connectivity index (χ0v) is 10.1. The Morgan fingerprint density at radius 3 is 2.81 bits per heavy atom. The normalized spacial score (nSPS) is 13.2. The second-order valence-corrected chi connectivity index (χ2v) is 4.58. The highest BCUT2D eigenvalue weighted by Crippen LogP contribution is 2.18. The number of nitrogens with zero attached hydrogens (tertiary/aromatic N) is 1. The van der Waals surface area contributed by atoms with Crippen molar-refractivity contribution in [2.24, 2.45) is 5.73 Å². The van der Waals surface area contributed by atoms with Crippen LogP contribution in [0.3, 0.4) is 0 Å². The average molecular weight is 216 g/mol. The first-order valence-corrected chi connectivity index (χ1v) is 6.04. The van der Waals surface area contributed by atoms with Crippen LogP contribution in [0.25, 0.3) is 10.9 Å². The average Bonchev–Trinajstić information content (AvgIpc) is 2.61. The molecule has 1 atom stereocenters. The van der Waals surface area contributed by atoms with Gasteiger partial charge in [-0.2, -0.15) is 0 Å². The lowest BCUT2D eigenvalue weighted by atomic mass is 10.1. The fourth-order valence-corrected chi connectivity index (χ4v) is 2.16. The number of fused-ring (bicyclic) bond motifs is 1. The second-order valence-electron chi connectivity index (χ2n) is 4.58. The van der Waals surface area contributed by atoms with E-state index in [1.165, 1.54) is 22.9 Å². The summed E-state index contributed by atoms with van der Waals surface area (Å²) >= 11 is 0. The first-order chi connectivity index (χ1) is 7.70. The molecule has 1 aromatic carbocycles. The number of aryl methyl sites for hydroxylation is 1. The minimum absolute atomic E-state index is 0.229. The van der Waals surface area contributed by atoms with Crippen molar-refractivity contribution in [1.82, 2.24) is 4.57 Å². The van der Waals surface area contributed by atoms with E-state index in [1.54, 1.807) is 0 Å². The fraction of sp³-hybridized carbons (Fsp3) is 0.429. The molecule has 0 aliphatic carbocycles. The zero-order valence-electron chi connectivity index (χ0n) is 10.1. The van der Waals surface area contributed by atoms with Gasteiger partial charge < -0.3 is 10.3 Å². The van der Waals surface area contributed by atoms with Gasteiger partial charge in [-0.3, -0.25) is 0 Å². The first kappa shape index (κ1) is 11.2. The molecule has 2 N–H and O–H groups in total. The summed E-state index contributed by atoms with van der Waals surface area (Å²) < 4.78 is 2.32. The Morgan fingerprint density at radius 1 is 1.31 bits per heavy atom. The number of aromatic nitrogens is 1. The van der Waals surface area contributed by atoms with E-state index in [2.05, 4.69) is 48.9 Å². The van der Waals surface area contributed by atoms with Gasteiger partial charge in [-0.15, -0.1) is 0 Å². The fourth-order valence-electron chi connectivity index (χ4n) is 2.16. The van der Waals surface area contributed by atoms with Gasteiger partial charge in [-0.25, -0.2) is 0 Å². The molecule has 1 heterocycles. The van der Waals surface area contributed by atoms with E-state index in [0.717, 1.165) is 13.0 Å². The lowest BCUT2D eigenvalue weighted by molar-refractivity contribution is 0.702. The topological polar surface area (TPSA) is 30.9 Å². The quantitative estimate of drug-likeness (QED) is 0.837. The number of hydrogen-bond acceptors (Lipinski definition) is 1. The zero-order chi connectivity index (χ0) is 11.5. The van der Waals surface area contributed by atoms with E-state index in [4.69, 9.17) is 5.73 Å². The van der Waals surface area contributed by atoms with Crippen molar-refractivity contribution < 1.29 is 0 Å². The molecule has 1 unspecified atom stereocenters. The molecule has 0 bridgehead atoms. The lowest BCUT2D eigenvalue weighted by Crippen LogP contribution is -2.17. The Morgan fingerprint density at radius 2 is 2.12 bits per heavy atom. The molecule has 0 fully saturated rings. The number of rotatable bonds is 4. The molecule has 1 aromatic heterocycles. The van der Waals surface area contributed by atoms with Crippen LogP contribution < -0.4 is 5.73 Å².